The molecule has 2 fully saturated rings. The summed E-state index contributed by atoms with van der Waals surface area (Å²) in [7, 11) is 0. The Morgan fingerprint density at radius 2 is 1.88 bits per heavy atom. The van der Waals surface area contributed by atoms with Gasteiger partial charge in [0.2, 0.25) is 5.91 Å². The molecule has 98 valence electrons. The molecule has 2 aliphatic rings. The van der Waals surface area contributed by atoms with Gasteiger partial charge in [-0.25, -0.2) is 0 Å². The molecule has 0 bridgehead atoms. The standard InChI is InChI=1S/C12H22N2O2S/c15-8-7-13-3-5-14(6-4-13)11(16)9-12(10-17)1-2-12/h15,17H,1-10H2. The molecule has 1 aliphatic carbocycles. The van der Waals surface area contributed by atoms with E-state index < -0.39 is 0 Å². The van der Waals surface area contributed by atoms with Gasteiger partial charge in [-0.2, -0.15) is 12.6 Å². The topological polar surface area (TPSA) is 43.8 Å². The first-order chi connectivity index (χ1) is 8.19. The lowest BCUT2D eigenvalue weighted by Gasteiger charge is -2.35. The van der Waals surface area contributed by atoms with Crippen molar-refractivity contribution in [2.75, 3.05) is 45.1 Å². The third kappa shape index (κ3) is 3.36. The van der Waals surface area contributed by atoms with Crippen molar-refractivity contribution in [2.45, 2.75) is 19.3 Å². The number of carbonyl (C=O) groups excluding carboxylic acids is 1. The number of hydrogen-bond donors (Lipinski definition) is 2. The minimum Gasteiger partial charge on any atom is -0.395 e. The average molecular weight is 258 g/mol. The van der Waals surface area contributed by atoms with Gasteiger partial charge in [-0.1, -0.05) is 0 Å². The van der Waals surface area contributed by atoms with Crippen molar-refractivity contribution in [2.24, 2.45) is 5.41 Å². The second-order valence-corrected chi connectivity index (χ2v) is 5.60. The summed E-state index contributed by atoms with van der Waals surface area (Å²) in [5.74, 6) is 1.13. The molecule has 4 nitrogen and oxygen atoms in total. The quantitative estimate of drug-likeness (QED) is 0.694. The Morgan fingerprint density at radius 1 is 1.24 bits per heavy atom. The molecule has 5 heteroatoms. The van der Waals surface area contributed by atoms with Crippen LogP contribution in [0.25, 0.3) is 0 Å². The van der Waals surface area contributed by atoms with Gasteiger partial charge in [0.1, 0.15) is 0 Å². The van der Waals surface area contributed by atoms with Crippen molar-refractivity contribution >= 4 is 18.5 Å². The Bertz CT molecular complexity index is 274. The zero-order valence-corrected chi connectivity index (χ0v) is 11.2. The van der Waals surface area contributed by atoms with Crippen LogP contribution in [0, 0.1) is 5.41 Å². The molecule has 1 N–H and O–H groups in total. The summed E-state index contributed by atoms with van der Waals surface area (Å²) in [5, 5.41) is 8.86. The van der Waals surface area contributed by atoms with Crippen molar-refractivity contribution in [1.29, 1.82) is 0 Å². The van der Waals surface area contributed by atoms with Crippen LogP contribution >= 0.6 is 12.6 Å². The van der Waals surface area contributed by atoms with Crippen LogP contribution in [0.4, 0.5) is 0 Å². The summed E-state index contributed by atoms with van der Waals surface area (Å²) >= 11 is 4.34. The van der Waals surface area contributed by atoms with Crippen LogP contribution in [0.1, 0.15) is 19.3 Å². The van der Waals surface area contributed by atoms with Gasteiger partial charge in [0, 0.05) is 39.1 Å². The molecule has 0 aromatic carbocycles. The average Bonchev–Trinajstić information content (AvgIpc) is 3.11. The van der Waals surface area contributed by atoms with Crippen LogP contribution in [0.5, 0.6) is 0 Å². The molecular weight excluding hydrogens is 236 g/mol. The predicted molar refractivity (Wildman–Crippen MR) is 70.2 cm³/mol. The zero-order chi connectivity index (χ0) is 12.3. The third-order valence-corrected chi connectivity index (χ3v) is 4.63. The lowest BCUT2D eigenvalue weighted by Crippen LogP contribution is -2.49. The molecule has 0 radical (unpaired) electrons. The largest absolute Gasteiger partial charge is 0.395 e. The molecule has 17 heavy (non-hydrogen) atoms. The number of rotatable bonds is 5. The number of amides is 1. The highest BCUT2D eigenvalue weighted by atomic mass is 32.1. The third-order valence-electron chi connectivity index (χ3n) is 3.96. The highest BCUT2D eigenvalue weighted by Gasteiger charge is 2.43. The Hall–Kier alpha value is -0.260. The van der Waals surface area contributed by atoms with E-state index in [0.29, 0.717) is 12.3 Å². The molecule has 1 saturated carbocycles. The molecule has 1 saturated heterocycles. The van der Waals surface area contributed by atoms with E-state index in [1.807, 2.05) is 4.90 Å². The fourth-order valence-corrected chi connectivity index (χ4v) is 2.79. The molecule has 0 atom stereocenters. The van der Waals surface area contributed by atoms with Gasteiger partial charge in [-0.05, 0) is 24.0 Å². The highest BCUT2D eigenvalue weighted by molar-refractivity contribution is 7.80. The zero-order valence-electron chi connectivity index (χ0n) is 10.3. The summed E-state index contributed by atoms with van der Waals surface area (Å²) in [4.78, 5) is 16.3. The van der Waals surface area contributed by atoms with Crippen LogP contribution in [-0.2, 0) is 4.79 Å². The molecule has 1 amide bonds. The van der Waals surface area contributed by atoms with Gasteiger partial charge in [-0.15, -0.1) is 0 Å². The maximum Gasteiger partial charge on any atom is 0.223 e. The monoisotopic (exact) mass is 258 g/mol. The van der Waals surface area contributed by atoms with Gasteiger partial charge in [0.25, 0.3) is 0 Å². The van der Waals surface area contributed by atoms with E-state index in [2.05, 4.69) is 17.5 Å². The Balaban J connectivity index is 1.74. The van der Waals surface area contributed by atoms with Crippen LogP contribution in [0.3, 0.4) is 0 Å². The van der Waals surface area contributed by atoms with Gasteiger partial charge in [-0.3, -0.25) is 9.69 Å². The molecule has 1 aliphatic heterocycles. The first kappa shape index (κ1) is 13.2. The maximum atomic E-state index is 12.1. The lowest BCUT2D eigenvalue weighted by atomic mass is 10.0. The van der Waals surface area contributed by atoms with Crippen molar-refractivity contribution < 1.29 is 9.90 Å². The molecule has 2 rings (SSSR count). The normalized spacial score (nSPS) is 23.8. The number of nitrogens with zero attached hydrogens (tertiary/aromatic N) is 2. The van der Waals surface area contributed by atoms with Crippen molar-refractivity contribution in [3.05, 3.63) is 0 Å². The summed E-state index contributed by atoms with van der Waals surface area (Å²) in [6.45, 7) is 4.32. The molecular formula is C12H22N2O2S. The highest BCUT2D eigenvalue weighted by Crippen LogP contribution is 2.49. The Kier molecular flexibility index (Phi) is 4.33. The molecule has 0 aromatic heterocycles. The summed E-state index contributed by atoms with van der Waals surface area (Å²) in [5.41, 5.74) is 0.225. The van der Waals surface area contributed by atoms with E-state index in [0.717, 1.165) is 51.3 Å². The number of piperazine rings is 1. The van der Waals surface area contributed by atoms with Crippen LogP contribution in [-0.4, -0.2) is 65.9 Å². The molecule has 0 aromatic rings. The predicted octanol–water partition coefficient (Wildman–Crippen LogP) is 0.223. The number of aliphatic hydroxyl groups excluding tert-OH is 1. The van der Waals surface area contributed by atoms with E-state index in [-0.39, 0.29) is 12.0 Å². The first-order valence-corrected chi connectivity index (χ1v) is 7.04. The molecule has 0 spiro atoms. The summed E-state index contributed by atoms with van der Waals surface area (Å²) in [6, 6.07) is 0. The summed E-state index contributed by atoms with van der Waals surface area (Å²) < 4.78 is 0. The SMILES string of the molecule is O=C(CC1(CS)CC1)N1CCN(CCO)CC1. The smallest absolute Gasteiger partial charge is 0.223 e. The van der Waals surface area contributed by atoms with Gasteiger partial charge in [0.15, 0.2) is 0 Å². The summed E-state index contributed by atoms with van der Waals surface area (Å²) in [6.07, 6.45) is 3.00. The Morgan fingerprint density at radius 3 is 2.35 bits per heavy atom. The Labute approximate surface area is 108 Å². The van der Waals surface area contributed by atoms with Crippen LogP contribution in [0.15, 0.2) is 0 Å². The van der Waals surface area contributed by atoms with Crippen molar-refractivity contribution in [1.82, 2.24) is 9.80 Å². The van der Waals surface area contributed by atoms with Crippen LogP contribution < -0.4 is 0 Å². The lowest BCUT2D eigenvalue weighted by molar-refractivity contribution is -0.134. The number of β-amino-alcohol motifs (C(OH)–C–C–N with tert-alkyl or cyclic N) is 1. The number of aliphatic hydroxyl groups is 1. The minimum absolute atomic E-state index is 0.205. The number of hydrogen-bond acceptors (Lipinski definition) is 4. The van der Waals surface area contributed by atoms with E-state index in [4.69, 9.17) is 5.11 Å². The second kappa shape index (κ2) is 5.59. The van der Waals surface area contributed by atoms with Gasteiger partial charge < -0.3 is 10.0 Å². The van der Waals surface area contributed by atoms with E-state index in [1.54, 1.807) is 0 Å². The minimum atomic E-state index is 0.205. The fourth-order valence-electron chi connectivity index (χ4n) is 2.36. The van der Waals surface area contributed by atoms with E-state index in [1.165, 1.54) is 0 Å². The maximum absolute atomic E-state index is 12.1. The number of thiol groups is 1. The van der Waals surface area contributed by atoms with Crippen molar-refractivity contribution in [3.63, 3.8) is 0 Å². The van der Waals surface area contributed by atoms with Gasteiger partial charge in [0.05, 0.1) is 6.61 Å². The van der Waals surface area contributed by atoms with Gasteiger partial charge >= 0.3 is 0 Å². The molecule has 0 unspecified atom stereocenters. The van der Waals surface area contributed by atoms with E-state index in [9.17, 15) is 4.79 Å². The van der Waals surface area contributed by atoms with E-state index >= 15 is 0 Å². The van der Waals surface area contributed by atoms with Crippen LogP contribution in [0.2, 0.25) is 0 Å². The van der Waals surface area contributed by atoms with Crippen molar-refractivity contribution in [3.8, 4) is 0 Å². The number of carbonyl (C=O) groups is 1. The first-order valence-electron chi connectivity index (χ1n) is 6.41. The second-order valence-electron chi connectivity index (χ2n) is 5.28. The fraction of sp³-hybridized carbons (Fsp3) is 0.917. The molecule has 1 heterocycles.